The number of carbonyl (C=O) groups is 1. The minimum Gasteiger partial charge on any atom is -0.303 e. The van der Waals surface area contributed by atoms with Crippen molar-refractivity contribution in [1.82, 2.24) is 5.06 Å². The molecule has 0 aromatic heterocycles. The van der Waals surface area contributed by atoms with E-state index < -0.39 is 0 Å². The lowest BCUT2D eigenvalue weighted by Crippen LogP contribution is -2.61. The van der Waals surface area contributed by atoms with Gasteiger partial charge in [0, 0.05) is 17.0 Å². The van der Waals surface area contributed by atoms with Gasteiger partial charge in [0.1, 0.15) is 6.29 Å². The third-order valence-electron chi connectivity index (χ3n) is 4.62. The van der Waals surface area contributed by atoms with E-state index in [1.54, 1.807) is 0 Å². The normalized spacial score (nSPS) is 29.3. The summed E-state index contributed by atoms with van der Waals surface area (Å²) in [5.41, 5.74) is -0.129. The Kier molecular flexibility index (Phi) is 4.36. The third-order valence-corrected chi connectivity index (χ3v) is 4.62. The van der Waals surface area contributed by atoms with Gasteiger partial charge in [0.15, 0.2) is 0 Å². The number of rotatable bonds is 3. The van der Waals surface area contributed by atoms with Crippen molar-refractivity contribution in [3.8, 4) is 0 Å². The zero-order valence-corrected chi connectivity index (χ0v) is 12.9. The number of carbonyl (C=O) groups excluding carboxylic acids is 1. The molecule has 3 heteroatoms. The Morgan fingerprint density at radius 3 is 2.00 bits per heavy atom. The Morgan fingerprint density at radius 2 is 1.53 bits per heavy atom. The maximum Gasteiger partial charge on any atom is 0.123 e. The van der Waals surface area contributed by atoms with Crippen LogP contribution in [0.15, 0.2) is 0 Å². The number of piperidine rings is 1. The van der Waals surface area contributed by atoms with Crippen LogP contribution in [0.5, 0.6) is 0 Å². The molecule has 2 aliphatic rings. The second-order valence-electron chi connectivity index (χ2n) is 7.59. The molecule has 0 spiro atoms. The minimum absolute atomic E-state index is 0.0647. The fourth-order valence-electron chi connectivity index (χ4n) is 4.04. The molecule has 0 unspecified atom stereocenters. The predicted molar refractivity (Wildman–Crippen MR) is 76.7 cm³/mol. The second kappa shape index (κ2) is 5.53. The smallest absolute Gasteiger partial charge is 0.123 e. The van der Waals surface area contributed by atoms with Gasteiger partial charge in [0.25, 0.3) is 0 Å². The van der Waals surface area contributed by atoms with Crippen molar-refractivity contribution in [2.75, 3.05) is 0 Å². The van der Waals surface area contributed by atoms with Crippen LogP contribution in [-0.2, 0) is 9.63 Å². The van der Waals surface area contributed by atoms with Gasteiger partial charge >= 0.3 is 0 Å². The lowest BCUT2D eigenvalue weighted by Gasteiger charge is -2.54. The van der Waals surface area contributed by atoms with Crippen molar-refractivity contribution in [2.24, 2.45) is 5.92 Å². The molecule has 0 amide bonds. The Balaban J connectivity index is 2.09. The first-order valence-electron chi connectivity index (χ1n) is 7.77. The highest BCUT2D eigenvalue weighted by Gasteiger charge is 2.47. The summed E-state index contributed by atoms with van der Waals surface area (Å²) in [6.45, 7) is 8.81. The van der Waals surface area contributed by atoms with E-state index in [0.29, 0.717) is 6.10 Å². The summed E-state index contributed by atoms with van der Waals surface area (Å²) in [6.07, 6.45) is 9.58. The average molecular weight is 267 g/mol. The SMILES string of the molecule is CC1(C)CC(C=O)CC(C)(C)N1OC1CCCCC1. The van der Waals surface area contributed by atoms with Gasteiger partial charge in [-0.3, -0.25) is 4.84 Å². The van der Waals surface area contributed by atoms with Gasteiger partial charge in [0.2, 0.25) is 0 Å². The lowest BCUT2D eigenvalue weighted by atomic mass is 9.76. The molecular weight excluding hydrogens is 238 g/mol. The predicted octanol–water partition coefficient (Wildman–Crippen LogP) is 3.72. The molecule has 0 aromatic carbocycles. The molecule has 1 saturated carbocycles. The number of hydrogen-bond donors (Lipinski definition) is 0. The van der Waals surface area contributed by atoms with Crippen LogP contribution in [0.4, 0.5) is 0 Å². The quantitative estimate of drug-likeness (QED) is 0.730. The topological polar surface area (TPSA) is 29.5 Å². The van der Waals surface area contributed by atoms with Gasteiger partial charge in [-0.1, -0.05) is 19.3 Å². The Morgan fingerprint density at radius 1 is 1.00 bits per heavy atom. The summed E-state index contributed by atoms with van der Waals surface area (Å²) in [5, 5.41) is 2.20. The molecule has 0 aromatic rings. The first kappa shape index (κ1) is 15.0. The highest BCUT2D eigenvalue weighted by atomic mass is 16.7. The van der Waals surface area contributed by atoms with Crippen LogP contribution in [0, 0.1) is 5.92 Å². The molecule has 2 fully saturated rings. The van der Waals surface area contributed by atoms with Crippen molar-refractivity contribution in [1.29, 1.82) is 0 Å². The highest BCUT2D eigenvalue weighted by molar-refractivity contribution is 5.54. The van der Waals surface area contributed by atoms with Crippen LogP contribution >= 0.6 is 0 Å². The van der Waals surface area contributed by atoms with Gasteiger partial charge in [-0.25, -0.2) is 0 Å². The maximum atomic E-state index is 11.2. The summed E-state index contributed by atoms with van der Waals surface area (Å²) >= 11 is 0. The molecule has 110 valence electrons. The first-order chi connectivity index (χ1) is 8.85. The highest BCUT2D eigenvalue weighted by Crippen LogP contribution is 2.42. The molecule has 0 radical (unpaired) electrons. The van der Waals surface area contributed by atoms with E-state index in [2.05, 4.69) is 32.8 Å². The number of nitrogens with zero attached hydrogens (tertiary/aromatic N) is 1. The monoisotopic (exact) mass is 267 g/mol. The summed E-state index contributed by atoms with van der Waals surface area (Å²) < 4.78 is 0. The van der Waals surface area contributed by atoms with E-state index >= 15 is 0 Å². The average Bonchev–Trinajstić information content (AvgIpc) is 2.34. The van der Waals surface area contributed by atoms with Crippen molar-refractivity contribution in [3.05, 3.63) is 0 Å². The standard InChI is InChI=1S/C16H29NO2/c1-15(2)10-13(12-18)11-16(3,4)17(15)19-14-8-6-5-7-9-14/h12-14H,5-11H2,1-4H3. The lowest BCUT2D eigenvalue weighted by molar-refractivity contribution is -0.312. The molecular formula is C16H29NO2. The maximum absolute atomic E-state index is 11.2. The van der Waals surface area contributed by atoms with Crippen molar-refractivity contribution in [2.45, 2.75) is 89.8 Å². The van der Waals surface area contributed by atoms with Gasteiger partial charge in [-0.15, -0.1) is 0 Å². The minimum atomic E-state index is -0.0647. The van der Waals surface area contributed by atoms with Crippen molar-refractivity contribution < 1.29 is 9.63 Å². The van der Waals surface area contributed by atoms with Crippen LogP contribution in [0.25, 0.3) is 0 Å². The van der Waals surface area contributed by atoms with Gasteiger partial charge in [-0.05, 0) is 53.4 Å². The number of hydrogen-bond acceptors (Lipinski definition) is 3. The van der Waals surface area contributed by atoms with E-state index in [0.717, 1.165) is 19.1 Å². The fourth-order valence-corrected chi connectivity index (χ4v) is 4.04. The van der Waals surface area contributed by atoms with E-state index in [4.69, 9.17) is 4.84 Å². The zero-order valence-electron chi connectivity index (χ0n) is 12.9. The molecule has 1 aliphatic carbocycles. The first-order valence-corrected chi connectivity index (χ1v) is 7.77. The molecule has 0 bridgehead atoms. The van der Waals surface area contributed by atoms with Crippen molar-refractivity contribution >= 4 is 6.29 Å². The summed E-state index contributed by atoms with van der Waals surface area (Å²) in [6, 6.07) is 0. The summed E-state index contributed by atoms with van der Waals surface area (Å²) in [5.74, 6) is 0.163. The van der Waals surface area contributed by atoms with E-state index in [-0.39, 0.29) is 17.0 Å². The molecule has 1 aliphatic heterocycles. The van der Waals surface area contributed by atoms with Crippen LogP contribution < -0.4 is 0 Å². The number of hydroxylamine groups is 2. The summed E-state index contributed by atoms with van der Waals surface area (Å²) in [4.78, 5) is 17.5. The van der Waals surface area contributed by atoms with E-state index in [9.17, 15) is 4.79 Å². The Labute approximate surface area is 117 Å². The van der Waals surface area contributed by atoms with Gasteiger partial charge < -0.3 is 4.79 Å². The van der Waals surface area contributed by atoms with E-state index in [1.165, 1.54) is 32.1 Å². The Hall–Kier alpha value is -0.410. The Bertz CT molecular complexity index is 301. The van der Waals surface area contributed by atoms with E-state index in [1.807, 2.05) is 0 Å². The molecule has 19 heavy (non-hydrogen) atoms. The zero-order chi connectivity index (χ0) is 14.1. The molecule has 0 N–H and O–H groups in total. The molecule has 3 nitrogen and oxygen atoms in total. The number of aldehydes is 1. The second-order valence-corrected chi connectivity index (χ2v) is 7.59. The van der Waals surface area contributed by atoms with Gasteiger partial charge in [0.05, 0.1) is 6.10 Å². The summed E-state index contributed by atoms with van der Waals surface area (Å²) in [7, 11) is 0. The van der Waals surface area contributed by atoms with Crippen molar-refractivity contribution in [3.63, 3.8) is 0 Å². The molecule has 0 atom stereocenters. The van der Waals surface area contributed by atoms with Crippen LogP contribution in [0.2, 0.25) is 0 Å². The molecule has 2 rings (SSSR count). The van der Waals surface area contributed by atoms with Crippen LogP contribution in [0.3, 0.4) is 0 Å². The van der Waals surface area contributed by atoms with Crippen LogP contribution in [-0.4, -0.2) is 28.5 Å². The van der Waals surface area contributed by atoms with Crippen LogP contribution in [0.1, 0.15) is 72.6 Å². The third kappa shape index (κ3) is 3.38. The van der Waals surface area contributed by atoms with Gasteiger partial charge in [-0.2, -0.15) is 5.06 Å². The molecule has 1 saturated heterocycles. The largest absolute Gasteiger partial charge is 0.303 e. The fraction of sp³-hybridized carbons (Fsp3) is 0.938. The molecule has 1 heterocycles.